The molecular formula is C24H28N4O4S. The maximum Gasteiger partial charge on any atom is 0.305 e. The van der Waals surface area contributed by atoms with Crippen molar-refractivity contribution in [2.75, 3.05) is 6.61 Å². The van der Waals surface area contributed by atoms with E-state index in [1.165, 1.54) is 0 Å². The molecule has 0 amide bonds. The lowest BCUT2D eigenvalue weighted by Crippen LogP contribution is -2.32. The molecule has 0 bridgehead atoms. The summed E-state index contributed by atoms with van der Waals surface area (Å²) in [5.41, 5.74) is 3.04. The van der Waals surface area contributed by atoms with E-state index in [0.717, 1.165) is 16.9 Å². The Balaban J connectivity index is 1.71. The zero-order valence-electron chi connectivity index (χ0n) is 19.0. The Morgan fingerprint density at radius 2 is 1.97 bits per heavy atom. The number of sulfonamides is 1. The first-order valence-corrected chi connectivity index (χ1v) is 12.3. The number of esters is 1. The fraction of sp³-hybridized carbons (Fsp3) is 0.375. The lowest BCUT2D eigenvalue weighted by atomic mass is 10.1. The van der Waals surface area contributed by atoms with Gasteiger partial charge in [-0.2, -0.15) is 5.26 Å². The van der Waals surface area contributed by atoms with Gasteiger partial charge in [-0.1, -0.05) is 12.1 Å². The number of imidazole rings is 1. The first-order valence-electron chi connectivity index (χ1n) is 10.9. The van der Waals surface area contributed by atoms with E-state index in [4.69, 9.17) is 10.00 Å². The Morgan fingerprint density at radius 1 is 1.24 bits per heavy atom. The van der Waals surface area contributed by atoms with Crippen LogP contribution in [-0.4, -0.2) is 36.6 Å². The predicted octanol–water partition coefficient (Wildman–Crippen LogP) is 3.44. The lowest BCUT2D eigenvalue weighted by Gasteiger charge is -2.14. The molecule has 0 aliphatic carbocycles. The monoisotopic (exact) mass is 468 g/mol. The summed E-state index contributed by atoms with van der Waals surface area (Å²) in [4.78, 5) is 16.2. The zero-order chi connectivity index (χ0) is 24.0. The van der Waals surface area contributed by atoms with Gasteiger partial charge in [0.2, 0.25) is 10.0 Å². The quantitative estimate of drug-likeness (QED) is 0.456. The van der Waals surface area contributed by atoms with E-state index in [2.05, 4.69) is 15.8 Å². The fourth-order valence-corrected chi connectivity index (χ4v) is 4.91. The number of fused-ring (bicyclic) bond motifs is 1. The molecule has 0 fully saturated rings. The van der Waals surface area contributed by atoms with Crippen molar-refractivity contribution in [3.8, 4) is 6.07 Å². The maximum atomic E-state index is 12.9. The highest BCUT2D eigenvalue weighted by atomic mass is 32.2. The van der Waals surface area contributed by atoms with Gasteiger partial charge in [-0.25, -0.2) is 18.1 Å². The first-order chi connectivity index (χ1) is 15.7. The Kier molecular flexibility index (Phi) is 7.84. The van der Waals surface area contributed by atoms with Crippen molar-refractivity contribution in [3.05, 3.63) is 59.4 Å². The number of carbonyl (C=O) groups is 1. The Hall–Kier alpha value is -3.22. The molecule has 3 aromatic rings. The predicted molar refractivity (Wildman–Crippen MR) is 125 cm³/mol. The van der Waals surface area contributed by atoms with E-state index in [9.17, 15) is 13.2 Å². The van der Waals surface area contributed by atoms with Crippen LogP contribution in [0.3, 0.4) is 0 Å². The number of benzene rings is 2. The van der Waals surface area contributed by atoms with Gasteiger partial charge in [0, 0.05) is 25.9 Å². The Bertz CT molecular complexity index is 1270. The van der Waals surface area contributed by atoms with Crippen LogP contribution >= 0.6 is 0 Å². The summed E-state index contributed by atoms with van der Waals surface area (Å²) in [5, 5.41) is 8.95. The highest BCUT2D eigenvalue weighted by molar-refractivity contribution is 7.89. The fourth-order valence-electron chi connectivity index (χ4n) is 3.61. The van der Waals surface area contributed by atoms with Crippen molar-refractivity contribution in [2.45, 2.75) is 50.5 Å². The molecule has 2 aromatic carbocycles. The summed E-state index contributed by atoms with van der Waals surface area (Å²) in [6.45, 7) is 3.87. The number of hydrogen-bond donors (Lipinski definition) is 1. The number of aryl methyl sites for hydroxylation is 1. The number of aromatic nitrogens is 2. The largest absolute Gasteiger partial charge is 0.466 e. The van der Waals surface area contributed by atoms with Gasteiger partial charge in [-0.05, 0) is 62.6 Å². The van der Waals surface area contributed by atoms with Crippen LogP contribution in [-0.2, 0) is 33.0 Å². The third-order valence-electron chi connectivity index (χ3n) is 5.38. The summed E-state index contributed by atoms with van der Waals surface area (Å²) in [7, 11) is -1.83. The number of nitrogens with zero attached hydrogens (tertiary/aromatic N) is 3. The molecule has 1 aromatic heterocycles. The van der Waals surface area contributed by atoms with Crippen LogP contribution < -0.4 is 4.72 Å². The second kappa shape index (κ2) is 10.6. The molecule has 174 valence electrons. The highest BCUT2D eigenvalue weighted by Gasteiger charge is 2.19. The number of nitrogens with one attached hydrogen (secondary N) is 1. The second-order valence-corrected chi connectivity index (χ2v) is 9.66. The minimum atomic E-state index is -3.73. The van der Waals surface area contributed by atoms with Crippen LogP contribution in [0.2, 0.25) is 0 Å². The standard InChI is InChI=1S/C24H28N4O4S/c1-4-32-24(29)7-5-6-17(2)27-33(30,31)20-12-13-22-21(15-20)26-23(28(22)3)14-18-8-10-19(16-25)11-9-18/h8-13,15,17,27H,4-7,14H2,1-3H3. The molecule has 3 rings (SSSR count). The molecule has 9 heteroatoms. The van der Waals surface area contributed by atoms with Gasteiger partial charge in [0.05, 0.1) is 34.2 Å². The highest BCUT2D eigenvalue weighted by Crippen LogP contribution is 2.22. The number of hydrogen-bond acceptors (Lipinski definition) is 6. The third kappa shape index (κ3) is 6.18. The third-order valence-corrected chi connectivity index (χ3v) is 6.97. The lowest BCUT2D eigenvalue weighted by molar-refractivity contribution is -0.143. The van der Waals surface area contributed by atoms with E-state index in [1.54, 1.807) is 44.2 Å². The van der Waals surface area contributed by atoms with Crippen LogP contribution in [0, 0.1) is 11.3 Å². The molecule has 0 saturated heterocycles. The number of nitriles is 1. The molecule has 1 atom stereocenters. The van der Waals surface area contributed by atoms with Crippen LogP contribution in [0.25, 0.3) is 11.0 Å². The van der Waals surface area contributed by atoms with E-state index >= 15 is 0 Å². The Labute approximate surface area is 194 Å². The molecule has 1 heterocycles. The van der Waals surface area contributed by atoms with Gasteiger partial charge in [-0.15, -0.1) is 0 Å². The summed E-state index contributed by atoms with van der Waals surface area (Å²) in [6, 6.07) is 14.0. The Morgan fingerprint density at radius 3 is 2.64 bits per heavy atom. The summed E-state index contributed by atoms with van der Waals surface area (Å²) >= 11 is 0. The normalized spacial score (nSPS) is 12.4. The van der Waals surface area contributed by atoms with Crippen molar-refractivity contribution in [2.24, 2.45) is 7.05 Å². The molecular weight excluding hydrogens is 440 g/mol. The number of rotatable bonds is 10. The van der Waals surface area contributed by atoms with Gasteiger partial charge in [0.25, 0.3) is 0 Å². The molecule has 0 spiro atoms. The minimum Gasteiger partial charge on any atom is -0.466 e. The van der Waals surface area contributed by atoms with Gasteiger partial charge < -0.3 is 9.30 Å². The molecule has 0 saturated carbocycles. The second-order valence-electron chi connectivity index (χ2n) is 7.94. The van der Waals surface area contributed by atoms with Crippen molar-refractivity contribution < 1.29 is 17.9 Å². The molecule has 0 aliphatic rings. The zero-order valence-corrected chi connectivity index (χ0v) is 19.9. The maximum absolute atomic E-state index is 12.9. The van der Waals surface area contributed by atoms with E-state index in [-0.39, 0.29) is 23.3 Å². The average molecular weight is 469 g/mol. The molecule has 33 heavy (non-hydrogen) atoms. The van der Waals surface area contributed by atoms with Crippen LogP contribution in [0.4, 0.5) is 0 Å². The van der Waals surface area contributed by atoms with Gasteiger partial charge in [0.15, 0.2) is 0 Å². The molecule has 8 nitrogen and oxygen atoms in total. The summed E-state index contributed by atoms with van der Waals surface area (Å²) in [5.74, 6) is 0.523. The van der Waals surface area contributed by atoms with Crippen molar-refractivity contribution >= 4 is 27.0 Å². The summed E-state index contributed by atoms with van der Waals surface area (Å²) < 4.78 is 35.2. The topological polar surface area (TPSA) is 114 Å². The van der Waals surface area contributed by atoms with E-state index in [1.807, 2.05) is 23.7 Å². The van der Waals surface area contributed by atoms with Gasteiger partial charge in [-0.3, -0.25) is 4.79 Å². The van der Waals surface area contributed by atoms with Crippen molar-refractivity contribution in [3.63, 3.8) is 0 Å². The van der Waals surface area contributed by atoms with Crippen LogP contribution in [0.15, 0.2) is 47.4 Å². The number of carbonyl (C=O) groups excluding carboxylic acids is 1. The average Bonchev–Trinajstić information content (AvgIpc) is 3.09. The van der Waals surface area contributed by atoms with Crippen molar-refractivity contribution in [1.82, 2.24) is 14.3 Å². The molecule has 1 N–H and O–H groups in total. The van der Waals surface area contributed by atoms with Crippen LogP contribution in [0.1, 0.15) is 50.1 Å². The van der Waals surface area contributed by atoms with Gasteiger partial charge >= 0.3 is 5.97 Å². The molecule has 1 unspecified atom stereocenters. The van der Waals surface area contributed by atoms with Gasteiger partial charge in [0.1, 0.15) is 5.82 Å². The minimum absolute atomic E-state index is 0.148. The number of ether oxygens (including phenoxy) is 1. The molecule has 0 aliphatic heterocycles. The van der Waals surface area contributed by atoms with Crippen LogP contribution in [0.5, 0.6) is 0 Å². The SMILES string of the molecule is CCOC(=O)CCCC(C)NS(=O)(=O)c1ccc2c(c1)nc(Cc1ccc(C#N)cc1)n2C. The van der Waals surface area contributed by atoms with Crippen molar-refractivity contribution in [1.29, 1.82) is 5.26 Å². The van der Waals surface area contributed by atoms with E-state index in [0.29, 0.717) is 36.9 Å². The van der Waals surface area contributed by atoms with E-state index < -0.39 is 10.0 Å². The first kappa shape index (κ1) is 24.4. The summed E-state index contributed by atoms with van der Waals surface area (Å²) in [6.07, 6.45) is 1.90. The molecule has 0 radical (unpaired) electrons. The smallest absolute Gasteiger partial charge is 0.305 e.